The zero-order valence-electron chi connectivity index (χ0n) is 14.4. The maximum Gasteiger partial charge on any atom is 0.0345 e. The Morgan fingerprint density at radius 2 is 1.65 bits per heavy atom. The fourth-order valence-electron chi connectivity index (χ4n) is 5.02. The first-order chi connectivity index (χ1) is 9.34. The van der Waals surface area contributed by atoms with Crippen LogP contribution in [0.3, 0.4) is 0 Å². The van der Waals surface area contributed by atoms with Gasteiger partial charge in [-0.15, -0.1) is 0 Å². The van der Waals surface area contributed by atoms with E-state index in [-0.39, 0.29) is 0 Å². The smallest absolute Gasteiger partial charge is 0.0345 e. The van der Waals surface area contributed by atoms with Crippen molar-refractivity contribution in [3.8, 4) is 0 Å². The van der Waals surface area contributed by atoms with E-state index in [2.05, 4.69) is 46.1 Å². The fourth-order valence-corrected chi connectivity index (χ4v) is 5.02. The van der Waals surface area contributed by atoms with Crippen molar-refractivity contribution in [3.63, 3.8) is 0 Å². The summed E-state index contributed by atoms with van der Waals surface area (Å²) in [5.74, 6) is 1.76. The van der Waals surface area contributed by atoms with Crippen LogP contribution in [0.2, 0.25) is 0 Å². The van der Waals surface area contributed by atoms with E-state index in [1.54, 1.807) is 0 Å². The molecule has 1 aliphatic heterocycles. The third-order valence-electron chi connectivity index (χ3n) is 6.14. The molecule has 1 saturated carbocycles. The van der Waals surface area contributed by atoms with Gasteiger partial charge in [-0.05, 0) is 56.8 Å². The van der Waals surface area contributed by atoms with Crippen molar-refractivity contribution in [2.24, 2.45) is 17.3 Å². The van der Waals surface area contributed by atoms with Gasteiger partial charge in [0.15, 0.2) is 0 Å². The first-order valence-electron chi connectivity index (χ1n) is 8.78. The minimum atomic E-state index is 0.419. The Bertz CT molecular complexity index is 338. The molecule has 1 aliphatic carbocycles. The lowest BCUT2D eigenvalue weighted by molar-refractivity contribution is -0.0161. The van der Waals surface area contributed by atoms with Crippen LogP contribution in [0, 0.1) is 17.3 Å². The lowest BCUT2D eigenvalue weighted by Crippen LogP contribution is -2.55. The highest BCUT2D eigenvalue weighted by Crippen LogP contribution is 2.47. The molecule has 3 unspecified atom stereocenters. The van der Waals surface area contributed by atoms with Crippen molar-refractivity contribution in [3.05, 3.63) is 12.3 Å². The molecule has 2 rings (SSSR count). The average Bonchev–Trinajstić information content (AvgIpc) is 2.38. The summed E-state index contributed by atoms with van der Waals surface area (Å²) in [7, 11) is 0. The van der Waals surface area contributed by atoms with Crippen molar-refractivity contribution in [1.29, 1.82) is 0 Å². The van der Waals surface area contributed by atoms with E-state index >= 15 is 0 Å². The second kappa shape index (κ2) is 6.12. The molecular weight excluding hydrogens is 242 g/mol. The second-order valence-electron chi connectivity index (χ2n) is 8.24. The summed E-state index contributed by atoms with van der Waals surface area (Å²) in [6, 6.07) is 1.34. The van der Waals surface area contributed by atoms with Gasteiger partial charge in [0.05, 0.1) is 0 Å². The van der Waals surface area contributed by atoms with Gasteiger partial charge < -0.3 is 4.90 Å². The van der Waals surface area contributed by atoms with Crippen LogP contribution < -0.4 is 0 Å². The van der Waals surface area contributed by atoms with Crippen LogP contribution in [0.25, 0.3) is 0 Å². The lowest BCUT2D eigenvalue weighted by atomic mass is 9.63. The Balaban J connectivity index is 2.22. The van der Waals surface area contributed by atoms with Crippen LogP contribution in [0.4, 0.5) is 0 Å². The molecule has 0 aromatic rings. The van der Waals surface area contributed by atoms with E-state index in [1.807, 2.05) is 0 Å². The molecule has 0 aromatic heterocycles. The highest BCUT2D eigenvalue weighted by molar-refractivity contribution is 5.05. The summed E-state index contributed by atoms with van der Waals surface area (Å²) < 4.78 is 0. The monoisotopic (exact) mass is 277 g/mol. The molecule has 2 aliphatic rings. The maximum absolute atomic E-state index is 4.29. The van der Waals surface area contributed by atoms with Gasteiger partial charge in [0, 0.05) is 17.8 Å². The minimum Gasteiger partial charge on any atom is -0.369 e. The second-order valence-corrected chi connectivity index (χ2v) is 8.24. The third-order valence-corrected chi connectivity index (χ3v) is 6.14. The van der Waals surface area contributed by atoms with E-state index in [4.69, 9.17) is 0 Å². The van der Waals surface area contributed by atoms with Crippen LogP contribution in [0.5, 0.6) is 0 Å². The van der Waals surface area contributed by atoms with E-state index in [9.17, 15) is 0 Å². The maximum atomic E-state index is 4.29. The topological polar surface area (TPSA) is 3.24 Å². The van der Waals surface area contributed by atoms with E-state index < -0.39 is 0 Å². The van der Waals surface area contributed by atoms with Gasteiger partial charge in [0.2, 0.25) is 0 Å². The lowest BCUT2D eigenvalue weighted by Gasteiger charge is -2.54. The Morgan fingerprint density at radius 3 is 2.20 bits per heavy atom. The standard InChI is InChI=1S/C19H35N/c1-14(2)20-16(4)12-15(3)13-18(20)19(5,6)17-10-8-7-9-11-17/h15-18H,1,7-13H2,2-6H3. The first-order valence-corrected chi connectivity index (χ1v) is 8.78. The van der Waals surface area contributed by atoms with E-state index in [1.165, 1.54) is 50.6 Å². The third kappa shape index (κ3) is 3.07. The molecule has 0 N–H and O–H groups in total. The van der Waals surface area contributed by atoms with Crippen LogP contribution in [0.15, 0.2) is 12.3 Å². The van der Waals surface area contributed by atoms with Crippen LogP contribution in [-0.4, -0.2) is 17.0 Å². The molecule has 1 heteroatoms. The zero-order chi connectivity index (χ0) is 14.9. The Labute approximate surface area is 126 Å². The molecule has 2 fully saturated rings. The summed E-state index contributed by atoms with van der Waals surface area (Å²) in [5.41, 5.74) is 1.70. The molecule has 1 heterocycles. The van der Waals surface area contributed by atoms with Crippen molar-refractivity contribution in [2.75, 3.05) is 0 Å². The van der Waals surface area contributed by atoms with Crippen LogP contribution in [0.1, 0.15) is 79.6 Å². The van der Waals surface area contributed by atoms with E-state index in [0.717, 1.165) is 11.8 Å². The molecular formula is C19H35N. The average molecular weight is 277 g/mol. The SMILES string of the molecule is C=C(C)N1C(C)CC(C)CC1C(C)(C)C1CCCCC1. The van der Waals surface area contributed by atoms with Crippen molar-refractivity contribution < 1.29 is 0 Å². The minimum absolute atomic E-state index is 0.419. The highest BCUT2D eigenvalue weighted by Gasteiger charge is 2.44. The van der Waals surface area contributed by atoms with Gasteiger partial charge in [-0.3, -0.25) is 0 Å². The Hall–Kier alpha value is -0.460. The quantitative estimate of drug-likeness (QED) is 0.647. The van der Waals surface area contributed by atoms with Crippen molar-refractivity contribution in [1.82, 2.24) is 4.90 Å². The van der Waals surface area contributed by atoms with Crippen molar-refractivity contribution >= 4 is 0 Å². The predicted molar refractivity (Wildman–Crippen MR) is 88.7 cm³/mol. The summed E-state index contributed by atoms with van der Waals surface area (Å²) in [6.07, 6.45) is 9.89. The van der Waals surface area contributed by atoms with Gasteiger partial charge in [-0.25, -0.2) is 0 Å². The summed E-state index contributed by atoms with van der Waals surface area (Å²) >= 11 is 0. The summed E-state index contributed by atoms with van der Waals surface area (Å²) in [6.45, 7) is 16.4. The zero-order valence-corrected chi connectivity index (χ0v) is 14.4. The van der Waals surface area contributed by atoms with Gasteiger partial charge >= 0.3 is 0 Å². The molecule has 1 nitrogen and oxygen atoms in total. The number of piperidine rings is 1. The Morgan fingerprint density at radius 1 is 1.05 bits per heavy atom. The largest absolute Gasteiger partial charge is 0.369 e. The summed E-state index contributed by atoms with van der Waals surface area (Å²) in [5, 5.41) is 0. The number of allylic oxidation sites excluding steroid dienone is 1. The van der Waals surface area contributed by atoms with Gasteiger partial charge in [0.1, 0.15) is 0 Å². The molecule has 0 bridgehead atoms. The number of nitrogens with zero attached hydrogens (tertiary/aromatic N) is 1. The van der Waals surface area contributed by atoms with Crippen LogP contribution in [-0.2, 0) is 0 Å². The molecule has 0 spiro atoms. The predicted octanol–water partition coefficient (Wildman–Crippen LogP) is 5.62. The molecule has 116 valence electrons. The first kappa shape index (κ1) is 15.9. The van der Waals surface area contributed by atoms with E-state index in [0.29, 0.717) is 17.5 Å². The molecule has 0 amide bonds. The highest BCUT2D eigenvalue weighted by atomic mass is 15.2. The Kier molecular flexibility index (Phi) is 4.87. The molecule has 3 atom stereocenters. The molecule has 20 heavy (non-hydrogen) atoms. The van der Waals surface area contributed by atoms with Gasteiger partial charge in [0.25, 0.3) is 0 Å². The molecule has 1 saturated heterocycles. The number of rotatable bonds is 3. The van der Waals surface area contributed by atoms with Crippen LogP contribution >= 0.6 is 0 Å². The molecule has 0 aromatic carbocycles. The number of hydrogen-bond acceptors (Lipinski definition) is 1. The molecule has 0 radical (unpaired) electrons. The van der Waals surface area contributed by atoms with Gasteiger partial charge in [-0.2, -0.15) is 0 Å². The fraction of sp³-hybridized carbons (Fsp3) is 0.895. The normalized spacial score (nSPS) is 33.2. The number of likely N-dealkylation sites (tertiary alicyclic amines) is 1. The van der Waals surface area contributed by atoms with Gasteiger partial charge in [-0.1, -0.05) is 46.6 Å². The summed E-state index contributed by atoms with van der Waals surface area (Å²) in [4.78, 5) is 2.66. The van der Waals surface area contributed by atoms with Crippen molar-refractivity contribution in [2.45, 2.75) is 91.6 Å². The number of hydrogen-bond donors (Lipinski definition) is 0.